The molecule has 27 heavy (non-hydrogen) atoms. The SMILES string of the molecule is COc1cc2occc2cc1/C=C(/C(=O)O)c1cc2c(cc1OC)OCO2. The quantitative estimate of drug-likeness (QED) is 0.541. The first-order valence-corrected chi connectivity index (χ1v) is 8.09. The Balaban J connectivity index is 1.90. The van der Waals surface area contributed by atoms with E-state index in [-0.39, 0.29) is 12.4 Å². The number of benzene rings is 2. The Morgan fingerprint density at radius 1 is 1.07 bits per heavy atom. The molecule has 0 bridgehead atoms. The molecule has 2 aromatic carbocycles. The first-order chi connectivity index (χ1) is 13.1. The number of aliphatic carboxylic acids is 1. The average Bonchev–Trinajstić information content (AvgIpc) is 3.31. The molecule has 0 unspecified atom stereocenters. The first-order valence-electron chi connectivity index (χ1n) is 8.09. The van der Waals surface area contributed by atoms with E-state index in [1.165, 1.54) is 20.3 Å². The number of hydrogen-bond donors (Lipinski definition) is 1. The summed E-state index contributed by atoms with van der Waals surface area (Å²) in [5.74, 6) is 0.738. The van der Waals surface area contributed by atoms with Crippen LogP contribution in [0.4, 0.5) is 0 Å². The van der Waals surface area contributed by atoms with E-state index in [0.29, 0.717) is 39.7 Å². The number of carbonyl (C=O) groups is 1. The number of hydrogen-bond acceptors (Lipinski definition) is 6. The van der Waals surface area contributed by atoms with Crippen LogP contribution in [0.3, 0.4) is 0 Å². The molecule has 7 heteroatoms. The zero-order valence-electron chi connectivity index (χ0n) is 14.6. The lowest BCUT2D eigenvalue weighted by Gasteiger charge is -2.12. The van der Waals surface area contributed by atoms with Gasteiger partial charge in [-0.3, -0.25) is 0 Å². The summed E-state index contributed by atoms with van der Waals surface area (Å²) in [4.78, 5) is 12.0. The predicted octanol–water partition coefficient (Wildman–Crippen LogP) is 3.80. The fraction of sp³-hybridized carbons (Fsp3) is 0.150. The number of methoxy groups -OCH3 is 2. The smallest absolute Gasteiger partial charge is 0.336 e. The fourth-order valence-corrected chi connectivity index (χ4v) is 3.01. The molecule has 2 heterocycles. The average molecular weight is 368 g/mol. The maximum Gasteiger partial charge on any atom is 0.336 e. The molecule has 0 saturated carbocycles. The van der Waals surface area contributed by atoms with Crippen molar-refractivity contribution < 1.29 is 33.3 Å². The van der Waals surface area contributed by atoms with Crippen molar-refractivity contribution in [1.82, 2.24) is 0 Å². The Morgan fingerprint density at radius 3 is 2.52 bits per heavy atom. The van der Waals surface area contributed by atoms with Gasteiger partial charge >= 0.3 is 5.97 Å². The second kappa shape index (κ2) is 6.60. The van der Waals surface area contributed by atoms with Crippen LogP contribution in [-0.4, -0.2) is 32.1 Å². The fourth-order valence-electron chi connectivity index (χ4n) is 3.01. The van der Waals surface area contributed by atoms with Gasteiger partial charge in [0.2, 0.25) is 6.79 Å². The van der Waals surface area contributed by atoms with E-state index in [1.54, 1.807) is 36.6 Å². The van der Waals surface area contributed by atoms with Crippen molar-refractivity contribution in [1.29, 1.82) is 0 Å². The van der Waals surface area contributed by atoms with Gasteiger partial charge in [0.25, 0.3) is 0 Å². The molecular weight excluding hydrogens is 352 g/mol. The molecule has 7 nitrogen and oxygen atoms in total. The van der Waals surface area contributed by atoms with Gasteiger partial charge in [-0.1, -0.05) is 0 Å². The molecule has 0 amide bonds. The van der Waals surface area contributed by atoms with Gasteiger partial charge in [-0.25, -0.2) is 4.79 Å². The number of carboxylic acids is 1. The molecule has 0 radical (unpaired) electrons. The summed E-state index contributed by atoms with van der Waals surface area (Å²) < 4.78 is 26.8. The van der Waals surface area contributed by atoms with Crippen LogP contribution >= 0.6 is 0 Å². The van der Waals surface area contributed by atoms with E-state index < -0.39 is 5.97 Å². The number of ether oxygens (including phenoxy) is 4. The Hall–Kier alpha value is -3.61. The minimum Gasteiger partial charge on any atom is -0.496 e. The highest BCUT2D eigenvalue weighted by atomic mass is 16.7. The topological polar surface area (TPSA) is 87.4 Å². The molecule has 3 aromatic rings. The van der Waals surface area contributed by atoms with Crippen LogP contribution in [0.15, 0.2) is 41.0 Å². The van der Waals surface area contributed by atoms with Crippen LogP contribution in [0.5, 0.6) is 23.0 Å². The molecule has 1 aliphatic heterocycles. The summed E-state index contributed by atoms with van der Waals surface area (Å²) in [6.45, 7) is 0.0824. The van der Waals surface area contributed by atoms with Gasteiger partial charge in [0.05, 0.1) is 26.1 Å². The number of furan rings is 1. The van der Waals surface area contributed by atoms with E-state index in [0.717, 1.165) is 5.39 Å². The van der Waals surface area contributed by atoms with Crippen molar-refractivity contribution in [3.8, 4) is 23.0 Å². The zero-order chi connectivity index (χ0) is 19.0. The van der Waals surface area contributed by atoms with Gasteiger partial charge in [0.1, 0.15) is 17.1 Å². The molecular formula is C20H16O7. The van der Waals surface area contributed by atoms with Crippen molar-refractivity contribution in [3.05, 3.63) is 47.7 Å². The van der Waals surface area contributed by atoms with Crippen molar-refractivity contribution in [2.75, 3.05) is 21.0 Å². The molecule has 0 spiro atoms. The summed E-state index contributed by atoms with van der Waals surface area (Å²) in [5.41, 5.74) is 1.67. The summed E-state index contributed by atoms with van der Waals surface area (Å²) in [6.07, 6.45) is 3.10. The third-order valence-electron chi connectivity index (χ3n) is 4.32. The Kier molecular flexibility index (Phi) is 4.12. The van der Waals surface area contributed by atoms with E-state index in [2.05, 4.69) is 0 Å². The molecule has 1 aromatic heterocycles. The van der Waals surface area contributed by atoms with Gasteiger partial charge in [-0.2, -0.15) is 0 Å². The minimum absolute atomic E-state index is 0.0336. The predicted molar refractivity (Wildman–Crippen MR) is 97.4 cm³/mol. The van der Waals surface area contributed by atoms with Crippen LogP contribution < -0.4 is 18.9 Å². The standard InChI is InChI=1S/C20H16O7/c1-23-15-8-16-11(3-4-25-16)5-12(15)6-14(20(21)22)13-7-18-19(27-10-26-18)9-17(13)24-2/h3-9H,10H2,1-2H3,(H,21,22)/b14-6+. The highest BCUT2D eigenvalue weighted by molar-refractivity contribution is 6.22. The van der Waals surface area contributed by atoms with E-state index in [4.69, 9.17) is 23.4 Å². The van der Waals surface area contributed by atoms with Crippen LogP contribution in [-0.2, 0) is 4.79 Å². The summed E-state index contributed by atoms with van der Waals surface area (Å²) in [7, 11) is 2.99. The third kappa shape index (κ3) is 2.93. The number of carboxylic acid groups (broad SMARTS) is 1. The Bertz CT molecular complexity index is 1060. The minimum atomic E-state index is -1.11. The van der Waals surface area contributed by atoms with Crippen molar-refractivity contribution in [2.24, 2.45) is 0 Å². The van der Waals surface area contributed by atoms with Gasteiger partial charge in [-0.05, 0) is 24.3 Å². The lowest BCUT2D eigenvalue weighted by molar-refractivity contribution is -0.130. The van der Waals surface area contributed by atoms with Crippen molar-refractivity contribution in [3.63, 3.8) is 0 Å². The largest absolute Gasteiger partial charge is 0.496 e. The maximum atomic E-state index is 12.0. The van der Waals surface area contributed by atoms with E-state index in [9.17, 15) is 9.90 Å². The van der Waals surface area contributed by atoms with Crippen LogP contribution in [0.1, 0.15) is 11.1 Å². The number of fused-ring (bicyclic) bond motifs is 2. The molecule has 1 aliphatic rings. The summed E-state index contributed by atoms with van der Waals surface area (Å²) >= 11 is 0. The van der Waals surface area contributed by atoms with E-state index in [1.807, 2.05) is 0 Å². The number of rotatable bonds is 5. The molecule has 138 valence electrons. The van der Waals surface area contributed by atoms with Gasteiger partial charge in [0.15, 0.2) is 11.5 Å². The molecule has 0 fully saturated rings. The first kappa shape index (κ1) is 16.8. The normalized spacial score (nSPS) is 13.0. The Labute approximate surface area is 154 Å². The third-order valence-corrected chi connectivity index (χ3v) is 4.32. The molecule has 0 atom stereocenters. The van der Waals surface area contributed by atoms with Crippen molar-refractivity contribution >= 4 is 28.6 Å². The lowest BCUT2D eigenvalue weighted by Crippen LogP contribution is -2.02. The maximum absolute atomic E-state index is 12.0. The second-order valence-corrected chi connectivity index (χ2v) is 5.82. The van der Waals surface area contributed by atoms with Crippen molar-refractivity contribution in [2.45, 2.75) is 0 Å². The summed E-state index contributed by atoms with van der Waals surface area (Å²) in [5, 5.41) is 10.7. The van der Waals surface area contributed by atoms with E-state index >= 15 is 0 Å². The van der Waals surface area contributed by atoms with Gasteiger partial charge in [-0.15, -0.1) is 0 Å². The zero-order valence-corrected chi connectivity index (χ0v) is 14.6. The van der Waals surface area contributed by atoms with Crippen LogP contribution in [0, 0.1) is 0 Å². The second-order valence-electron chi connectivity index (χ2n) is 5.82. The Morgan fingerprint density at radius 2 is 1.81 bits per heavy atom. The molecule has 0 aliphatic carbocycles. The molecule has 0 saturated heterocycles. The van der Waals surface area contributed by atoms with Crippen LogP contribution in [0.2, 0.25) is 0 Å². The highest BCUT2D eigenvalue weighted by Gasteiger charge is 2.23. The molecule has 4 rings (SSSR count). The highest BCUT2D eigenvalue weighted by Crippen LogP contribution is 2.41. The molecule has 1 N–H and O–H groups in total. The lowest BCUT2D eigenvalue weighted by atomic mass is 10.00. The monoisotopic (exact) mass is 368 g/mol. The van der Waals surface area contributed by atoms with Gasteiger partial charge < -0.3 is 28.5 Å². The van der Waals surface area contributed by atoms with Gasteiger partial charge in [0, 0.05) is 28.6 Å². The summed E-state index contributed by atoms with van der Waals surface area (Å²) in [6, 6.07) is 8.54. The van der Waals surface area contributed by atoms with Crippen LogP contribution in [0.25, 0.3) is 22.6 Å².